The summed E-state index contributed by atoms with van der Waals surface area (Å²) >= 11 is 0. The number of nitrogens with zero attached hydrogens (tertiary/aromatic N) is 3. The van der Waals surface area contributed by atoms with E-state index in [-0.39, 0.29) is 31.7 Å². The molecular weight excluding hydrogens is 594 g/mol. The largest absolute Gasteiger partial charge is 0.480 e. The molecule has 2 atom stereocenters. The van der Waals surface area contributed by atoms with Crippen molar-refractivity contribution in [2.45, 2.75) is 93.9 Å². The summed E-state index contributed by atoms with van der Waals surface area (Å²) in [6.45, 7) is -0.0979. The molecule has 2 aromatic rings. The lowest BCUT2D eigenvalue weighted by Crippen LogP contribution is -2.57. The molecule has 2 heterocycles. The standard InChI is InChI=1S/C30H32F6N4O4/c31-22-15-18(17-4-5-17)6-7-23(22)40(28(44)39-14-2-1-3-24(39)27(42)43)25(20-16-37-13-10-21(20)30(34,35)36)26(41)38-19-8-11-29(32,33)12-9-19/h6-7,10,13,15-17,19,24-25H,1-5,8-9,11-12,14H2,(H,38,41)(H,42,43)/t24-,25?/m1/s1. The molecule has 1 aliphatic heterocycles. The SMILES string of the molecule is O=C(NC1CCC(F)(F)CC1)C(c1cnccc1C(F)(F)F)N(C(=O)N1CCCC[C@@H]1C(=O)O)c1ccc(C2CC2)cc1F. The number of hydrogen-bond donors (Lipinski definition) is 2. The number of likely N-dealkylation sites (tertiary alicyclic amines) is 1. The number of nitrogens with one attached hydrogen (secondary N) is 1. The van der Waals surface area contributed by atoms with Crippen molar-refractivity contribution < 1.29 is 45.8 Å². The summed E-state index contributed by atoms with van der Waals surface area (Å²) in [4.78, 5) is 45.7. The zero-order valence-corrected chi connectivity index (χ0v) is 23.6. The average Bonchev–Trinajstić information content (AvgIpc) is 3.82. The van der Waals surface area contributed by atoms with E-state index in [1.807, 2.05) is 0 Å². The highest BCUT2D eigenvalue weighted by atomic mass is 19.4. The monoisotopic (exact) mass is 626 g/mol. The lowest BCUT2D eigenvalue weighted by atomic mass is 9.91. The average molecular weight is 627 g/mol. The number of aromatic nitrogens is 1. The van der Waals surface area contributed by atoms with Gasteiger partial charge in [-0.05, 0) is 74.6 Å². The second kappa shape index (κ2) is 12.3. The van der Waals surface area contributed by atoms with E-state index in [1.54, 1.807) is 0 Å². The molecule has 44 heavy (non-hydrogen) atoms. The van der Waals surface area contributed by atoms with Crippen LogP contribution in [0.2, 0.25) is 0 Å². The summed E-state index contributed by atoms with van der Waals surface area (Å²) in [5.41, 5.74) is -2.01. The van der Waals surface area contributed by atoms with E-state index in [1.165, 1.54) is 12.1 Å². The number of alkyl halides is 5. The Hall–Kier alpha value is -3.84. The minimum Gasteiger partial charge on any atom is -0.480 e. The number of carboxylic acid groups (broad SMARTS) is 1. The molecule has 2 aliphatic carbocycles. The van der Waals surface area contributed by atoms with Crippen LogP contribution in [0.1, 0.15) is 86.4 Å². The van der Waals surface area contributed by atoms with Gasteiger partial charge >= 0.3 is 18.2 Å². The van der Waals surface area contributed by atoms with Gasteiger partial charge in [-0.2, -0.15) is 13.2 Å². The first-order valence-electron chi connectivity index (χ1n) is 14.6. The van der Waals surface area contributed by atoms with Gasteiger partial charge in [-0.1, -0.05) is 6.07 Å². The van der Waals surface area contributed by atoms with E-state index in [2.05, 4.69) is 10.3 Å². The first-order valence-corrected chi connectivity index (χ1v) is 14.6. The lowest BCUT2D eigenvalue weighted by molar-refractivity contribution is -0.143. The predicted molar refractivity (Wildman–Crippen MR) is 146 cm³/mol. The molecule has 3 fully saturated rings. The van der Waals surface area contributed by atoms with Crippen LogP contribution in [0, 0.1) is 5.82 Å². The third-order valence-electron chi connectivity index (χ3n) is 8.54. The molecule has 238 valence electrons. The van der Waals surface area contributed by atoms with Gasteiger partial charge in [0.15, 0.2) is 0 Å². The van der Waals surface area contributed by atoms with Crippen LogP contribution in [0.5, 0.6) is 0 Å². The zero-order chi connectivity index (χ0) is 31.8. The van der Waals surface area contributed by atoms with E-state index in [0.29, 0.717) is 29.4 Å². The van der Waals surface area contributed by atoms with E-state index in [4.69, 9.17) is 0 Å². The van der Waals surface area contributed by atoms with Crippen molar-refractivity contribution in [3.63, 3.8) is 0 Å². The smallest absolute Gasteiger partial charge is 0.416 e. The van der Waals surface area contributed by atoms with Crippen molar-refractivity contribution in [3.8, 4) is 0 Å². The van der Waals surface area contributed by atoms with Gasteiger partial charge in [0, 0.05) is 43.4 Å². The van der Waals surface area contributed by atoms with Crippen LogP contribution in [-0.2, 0) is 15.8 Å². The van der Waals surface area contributed by atoms with Gasteiger partial charge in [0.1, 0.15) is 17.9 Å². The molecule has 3 amide bonds. The maximum absolute atomic E-state index is 15.9. The molecule has 2 saturated carbocycles. The van der Waals surface area contributed by atoms with Crippen molar-refractivity contribution in [1.82, 2.24) is 15.2 Å². The van der Waals surface area contributed by atoms with Gasteiger partial charge in [0.05, 0.1) is 11.3 Å². The van der Waals surface area contributed by atoms with Gasteiger partial charge in [0.25, 0.3) is 0 Å². The number of piperidine rings is 1. The third kappa shape index (κ3) is 6.78. The minimum atomic E-state index is -5.03. The topological polar surface area (TPSA) is 103 Å². The summed E-state index contributed by atoms with van der Waals surface area (Å²) in [7, 11) is 0. The molecule has 0 spiro atoms. The zero-order valence-electron chi connectivity index (χ0n) is 23.6. The summed E-state index contributed by atoms with van der Waals surface area (Å²) in [6.07, 6.45) is -2.37. The summed E-state index contributed by atoms with van der Waals surface area (Å²) in [6, 6.07) is -1.07. The van der Waals surface area contributed by atoms with Crippen LogP contribution in [0.15, 0.2) is 36.7 Å². The normalized spacial score (nSPS) is 21.4. The summed E-state index contributed by atoms with van der Waals surface area (Å²) in [5.74, 6) is -6.38. The number of hydrogen-bond acceptors (Lipinski definition) is 4. The van der Waals surface area contributed by atoms with Gasteiger partial charge < -0.3 is 15.3 Å². The van der Waals surface area contributed by atoms with Crippen molar-refractivity contribution >= 4 is 23.6 Å². The Morgan fingerprint density at radius 1 is 1.05 bits per heavy atom. The number of carbonyl (C=O) groups is 3. The molecular formula is C30H32F6N4O4. The predicted octanol–water partition coefficient (Wildman–Crippen LogP) is 6.42. The molecule has 5 rings (SSSR count). The van der Waals surface area contributed by atoms with E-state index >= 15 is 4.39 Å². The van der Waals surface area contributed by atoms with Crippen molar-refractivity contribution in [3.05, 3.63) is 59.2 Å². The Labute approximate surface area is 249 Å². The second-order valence-electron chi connectivity index (χ2n) is 11.7. The summed E-state index contributed by atoms with van der Waals surface area (Å²) < 4.78 is 86.5. The van der Waals surface area contributed by atoms with Gasteiger partial charge in [-0.15, -0.1) is 0 Å². The molecule has 1 aromatic heterocycles. The van der Waals surface area contributed by atoms with E-state index in [0.717, 1.165) is 36.2 Å². The van der Waals surface area contributed by atoms with E-state index < -0.39 is 83.6 Å². The Morgan fingerprint density at radius 2 is 1.75 bits per heavy atom. The van der Waals surface area contributed by atoms with Crippen LogP contribution >= 0.6 is 0 Å². The number of urea groups is 1. The summed E-state index contributed by atoms with van der Waals surface area (Å²) in [5, 5.41) is 12.4. The van der Waals surface area contributed by atoms with Crippen molar-refractivity contribution in [1.29, 1.82) is 0 Å². The van der Waals surface area contributed by atoms with Crippen LogP contribution in [0.25, 0.3) is 0 Å². The Morgan fingerprint density at radius 3 is 2.36 bits per heavy atom. The fraction of sp³-hybridized carbons (Fsp3) is 0.533. The molecule has 8 nitrogen and oxygen atoms in total. The quantitative estimate of drug-likeness (QED) is 0.346. The fourth-order valence-corrected chi connectivity index (χ4v) is 6.04. The highest BCUT2D eigenvalue weighted by Gasteiger charge is 2.46. The van der Waals surface area contributed by atoms with Crippen LogP contribution in [0.4, 0.5) is 36.8 Å². The molecule has 0 bridgehead atoms. The van der Waals surface area contributed by atoms with E-state index in [9.17, 15) is 41.4 Å². The molecule has 3 aliphatic rings. The minimum absolute atomic E-state index is 0.0475. The second-order valence-corrected chi connectivity index (χ2v) is 11.7. The number of rotatable bonds is 7. The Bertz CT molecular complexity index is 1410. The molecule has 1 saturated heterocycles. The maximum Gasteiger partial charge on any atom is 0.416 e. The van der Waals surface area contributed by atoms with Crippen LogP contribution in [0.3, 0.4) is 0 Å². The Kier molecular flexibility index (Phi) is 8.81. The first-order chi connectivity index (χ1) is 20.8. The number of halogens is 6. The first kappa shape index (κ1) is 31.6. The Balaban J connectivity index is 1.65. The van der Waals surface area contributed by atoms with Gasteiger partial charge in [-0.3, -0.25) is 14.7 Å². The highest BCUT2D eigenvalue weighted by Crippen LogP contribution is 2.43. The molecule has 0 radical (unpaired) electrons. The number of amides is 3. The molecule has 1 aromatic carbocycles. The maximum atomic E-state index is 15.9. The van der Waals surface area contributed by atoms with Crippen LogP contribution < -0.4 is 10.2 Å². The number of anilines is 1. The van der Waals surface area contributed by atoms with Gasteiger partial charge in [0.2, 0.25) is 11.8 Å². The third-order valence-corrected chi connectivity index (χ3v) is 8.54. The number of carbonyl (C=O) groups excluding carboxylic acids is 2. The number of pyridine rings is 1. The number of carboxylic acids is 1. The highest BCUT2D eigenvalue weighted by molar-refractivity contribution is 6.02. The lowest BCUT2D eigenvalue weighted by Gasteiger charge is -2.40. The molecule has 2 N–H and O–H groups in total. The number of aliphatic carboxylic acids is 1. The fourth-order valence-electron chi connectivity index (χ4n) is 6.04. The van der Waals surface area contributed by atoms with Crippen molar-refractivity contribution in [2.24, 2.45) is 0 Å². The van der Waals surface area contributed by atoms with Crippen molar-refractivity contribution in [2.75, 3.05) is 11.4 Å². The number of benzene rings is 1. The van der Waals surface area contributed by atoms with Gasteiger partial charge in [-0.25, -0.2) is 22.8 Å². The molecule has 1 unspecified atom stereocenters. The molecule has 14 heteroatoms. The van der Waals surface area contributed by atoms with Crippen LogP contribution in [-0.4, -0.2) is 57.4 Å².